The number of hydrogen-bond acceptors (Lipinski definition) is 0. The number of rotatable bonds is 4. The van der Waals surface area contributed by atoms with Crippen molar-refractivity contribution >= 4 is 54.4 Å². The van der Waals surface area contributed by atoms with Crippen molar-refractivity contribution in [2.45, 2.75) is 6.42 Å². The molecule has 2 nitrogen and oxygen atoms in total. The second-order valence-corrected chi connectivity index (χ2v) is 14.8. The Morgan fingerprint density at radius 1 is 0.309 bits per heavy atom. The summed E-state index contributed by atoms with van der Waals surface area (Å²) in [5.74, 6) is 0. The van der Waals surface area contributed by atoms with Crippen molar-refractivity contribution in [1.82, 2.24) is 9.13 Å². The largest absolute Gasteiger partial charge is 0.309 e. The Bertz CT molecular complexity index is 3340. The van der Waals surface area contributed by atoms with Gasteiger partial charge in [0.05, 0.1) is 22.1 Å². The van der Waals surface area contributed by atoms with Crippen LogP contribution in [0.3, 0.4) is 0 Å². The summed E-state index contributed by atoms with van der Waals surface area (Å²) in [5, 5.41) is 7.61. The Balaban J connectivity index is 1.05. The van der Waals surface area contributed by atoms with Gasteiger partial charge in [-0.3, -0.25) is 0 Å². The van der Waals surface area contributed by atoms with Gasteiger partial charge in [-0.1, -0.05) is 146 Å². The Morgan fingerprint density at radius 2 is 0.818 bits per heavy atom. The summed E-state index contributed by atoms with van der Waals surface area (Å²) in [6, 6.07) is 71.5. The molecule has 2 aromatic heterocycles. The lowest BCUT2D eigenvalue weighted by Gasteiger charge is -2.13. The van der Waals surface area contributed by atoms with Crippen molar-refractivity contribution in [3.8, 4) is 44.8 Å². The second-order valence-electron chi connectivity index (χ2n) is 14.8. The summed E-state index contributed by atoms with van der Waals surface area (Å²) in [6.45, 7) is 0. The highest BCUT2D eigenvalue weighted by atomic mass is 15.0. The molecule has 1 aliphatic rings. The molecule has 0 saturated carbocycles. The van der Waals surface area contributed by atoms with E-state index in [0.717, 1.165) is 6.42 Å². The third kappa shape index (κ3) is 4.43. The van der Waals surface area contributed by atoms with Crippen LogP contribution in [0.2, 0.25) is 0 Å². The lowest BCUT2D eigenvalue weighted by atomic mass is 9.95. The predicted molar refractivity (Wildman–Crippen MR) is 232 cm³/mol. The Morgan fingerprint density at radius 3 is 1.49 bits per heavy atom. The molecular weight excluding hydrogens is 665 g/mol. The van der Waals surface area contributed by atoms with Crippen LogP contribution in [0.4, 0.5) is 0 Å². The molecule has 0 saturated heterocycles. The number of hydrogen-bond donors (Lipinski definition) is 0. The van der Waals surface area contributed by atoms with Gasteiger partial charge < -0.3 is 9.13 Å². The van der Waals surface area contributed by atoms with Crippen LogP contribution in [0.25, 0.3) is 99.1 Å². The van der Waals surface area contributed by atoms with Gasteiger partial charge in [0.15, 0.2) is 0 Å². The molecule has 0 unspecified atom stereocenters. The highest BCUT2D eigenvalue weighted by Gasteiger charge is 2.25. The summed E-state index contributed by atoms with van der Waals surface area (Å²) in [4.78, 5) is 0. The number of fused-ring (bicyclic) bond motifs is 11. The molecule has 0 radical (unpaired) electrons. The molecule has 2 heteroatoms. The summed E-state index contributed by atoms with van der Waals surface area (Å²) in [5.41, 5.74) is 17.9. The molecule has 12 rings (SSSR count). The maximum absolute atomic E-state index is 2.47. The van der Waals surface area contributed by atoms with Crippen molar-refractivity contribution in [3.05, 3.63) is 205 Å². The standard InChI is InChI=1S/C53H34N2/c1-2-14-35(15-3-1)40-21-11-23-42-43-24-12-22-41(47(43)33-46(40)42)37-17-10-18-38(32-37)54-48-25-8-6-19-44(48)52-50(54)29-30-51-53(52)45-20-7-9-26-49(45)55(51)39-28-27-34-13-4-5-16-36(34)31-39/h1-32H,33H2. The fourth-order valence-corrected chi connectivity index (χ4v) is 9.60. The van der Waals surface area contributed by atoms with E-state index in [2.05, 4.69) is 203 Å². The second kappa shape index (κ2) is 11.7. The Kier molecular flexibility index (Phi) is 6.43. The van der Waals surface area contributed by atoms with Crippen LogP contribution in [0.5, 0.6) is 0 Å². The van der Waals surface area contributed by atoms with Gasteiger partial charge in [0.25, 0.3) is 0 Å². The maximum atomic E-state index is 2.47. The third-order valence-corrected chi connectivity index (χ3v) is 12.0. The third-order valence-electron chi connectivity index (χ3n) is 12.0. The van der Waals surface area contributed by atoms with Crippen molar-refractivity contribution in [3.63, 3.8) is 0 Å². The van der Waals surface area contributed by atoms with Crippen LogP contribution in [0.15, 0.2) is 194 Å². The van der Waals surface area contributed by atoms with Gasteiger partial charge in [-0.15, -0.1) is 0 Å². The molecule has 0 atom stereocenters. The molecule has 256 valence electrons. The van der Waals surface area contributed by atoms with E-state index in [-0.39, 0.29) is 0 Å². The average Bonchev–Trinajstić information content (AvgIpc) is 3.91. The van der Waals surface area contributed by atoms with Crippen molar-refractivity contribution in [2.24, 2.45) is 0 Å². The van der Waals surface area contributed by atoms with E-state index < -0.39 is 0 Å². The minimum absolute atomic E-state index is 0.921. The van der Waals surface area contributed by atoms with E-state index >= 15 is 0 Å². The molecule has 0 fully saturated rings. The molecule has 0 aliphatic heterocycles. The number of para-hydroxylation sites is 2. The molecule has 0 spiro atoms. The molecule has 0 amide bonds. The Hall–Kier alpha value is -7.16. The first kappa shape index (κ1) is 30.3. The van der Waals surface area contributed by atoms with E-state index in [9.17, 15) is 0 Å². The van der Waals surface area contributed by atoms with Crippen LogP contribution in [-0.2, 0) is 6.42 Å². The van der Waals surface area contributed by atoms with Crippen LogP contribution < -0.4 is 0 Å². The fraction of sp³-hybridized carbons (Fsp3) is 0.0189. The maximum Gasteiger partial charge on any atom is 0.0548 e. The van der Waals surface area contributed by atoms with Crippen LogP contribution in [-0.4, -0.2) is 9.13 Å². The molecule has 0 bridgehead atoms. The minimum Gasteiger partial charge on any atom is -0.309 e. The van der Waals surface area contributed by atoms with Gasteiger partial charge in [0, 0.05) is 32.9 Å². The van der Waals surface area contributed by atoms with Crippen LogP contribution >= 0.6 is 0 Å². The van der Waals surface area contributed by atoms with E-state index in [1.165, 1.54) is 110 Å². The van der Waals surface area contributed by atoms with Gasteiger partial charge in [-0.05, 0) is 110 Å². The van der Waals surface area contributed by atoms with Crippen LogP contribution in [0, 0.1) is 0 Å². The van der Waals surface area contributed by atoms with E-state index in [4.69, 9.17) is 0 Å². The van der Waals surface area contributed by atoms with Crippen molar-refractivity contribution < 1.29 is 0 Å². The first-order chi connectivity index (χ1) is 27.3. The summed E-state index contributed by atoms with van der Waals surface area (Å²) >= 11 is 0. The zero-order valence-corrected chi connectivity index (χ0v) is 30.1. The van der Waals surface area contributed by atoms with Crippen LogP contribution in [0.1, 0.15) is 11.1 Å². The van der Waals surface area contributed by atoms with Gasteiger partial charge in [-0.2, -0.15) is 0 Å². The molecular formula is C53H34N2. The zero-order chi connectivity index (χ0) is 36.0. The molecule has 0 N–H and O–H groups in total. The average molecular weight is 699 g/mol. The van der Waals surface area contributed by atoms with Gasteiger partial charge in [0.1, 0.15) is 0 Å². The number of aromatic nitrogens is 2. The van der Waals surface area contributed by atoms with E-state index in [1.807, 2.05) is 0 Å². The molecule has 1 aliphatic carbocycles. The number of nitrogens with zero attached hydrogens (tertiary/aromatic N) is 2. The topological polar surface area (TPSA) is 9.86 Å². The van der Waals surface area contributed by atoms with Crippen molar-refractivity contribution in [1.29, 1.82) is 0 Å². The Labute approximate surface area is 318 Å². The summed E-state index contributed by atoms with van der Waals surface area (Å²) in [7, 11) is 0. The SMILES string of the molecule is c1ccc(-c2cccc3c2Cc2c(-c4cccc(-n5c6ccccc6c6c7c8ccccc8n(-c8ccc9ccccc9c8)c7ccc65)c4)cccc2-3)cc1. The van der Waals surface area contributed by atoms with E-state index in [1.54, 1.807) is 0 Å². The zero-order valence-electron chi connectivity index (χ0n) is 30.1. The lowest BCUT2D eigenvalue weighted by molar-refractivity contribution is 1.17. The van der Waals surface area contributed by atoms with E-state index in [0.29, 0.717) is 0 Å². The fourth-order valence-electron chi connectivity index (χ4n) is 9.60. The van der Waals surface area contributed by atoms with Gasteiger partial charge >= 0.3 is 0 Å². The quantitative estimate of drug-likeness (QED) is 0.173. The summed E-state index contributed by atoms with van der Waals surface area (Å²) < 4.78 is 4.92. The molecule has 2 heterocycles. The number of benzene rings is 9. The summed E-state index contributed by atoms with van der Waals surface area (Å²) in [6.07, 6.45) is 0.921. The lowest BCUT2D eigenvalue weighted by Crippen LogP contribution is -1.96. The molecule has 55 heavy (non-hydrogen) atoms. The monoisotopic (exact) mass is 698 g/mol. The smallest absolute Gasteiger partial charge is 0.0548 e. The normalized spacial score (nSPS) is 12.3. The first-order valence-corrected chi connectivity index (χ1v) is 19.1. The van der Waals surface area contributed by atoms with Crippen molar-refractivity contribution in [2.75, 3.05) is 0 Å². The molecule has 9 aromatic carbocycles. The first-order valence-electron chi connectivity index (χ1n) is 19.1. The highest BCUT2D eigenvalue weighted by molar-refractivity contribution is 6.29. The predicted octanol–water partition coefficient (Wildman–Crippen LogP) is 13.9. The highest BCUT2D eigenvalue weighted by Crippen LogP contribution is 2.46. The molecule has 11 aromatic rings. The van der Waals surface area contributed by atoms with Gasteiger partial charge in [-0.25, -0.2) is 0 Å². The minimum atomic E-state index is 0.921. The van der Waals surface area contributed by atoms with Gasteiger partial charge in [0.2, 0.25) is 0 Å².